The second-order valence-corrected chi connectivity index (χ2v) is 16.0. The quantitative estimate of drug-likeness (QED) is 0.274. The highest BCUT2D eigenvalue weighted by atomic mass is 35.5. The van der Waals surface area contributed by atoms with Crippen LogP contribution in [0, 0.1) is 23.7 Å². The number of amides is 1. The van der Waals surface area contributed by atoms with Crippen molar-refractivity contribution in [1.29, 1.82) is 0 Å². The number of aliphatic hydroxyl groups is 1. The predicted molar refractivity (Wildman–Crippen MR) is 183 cm³/mol. The molecular weight excluding hydrogens is 650 g/mol. The number of carbonyl (C=O) groups is 1. The largest absolute Gasteiger partial charge is 0.498 e. The molecule has 10 nitrogen and oxygen atoms in total. The molecule has 3 aromatic rings. The fraction of sp³-hybridized carbons (Fsp3) is 0.500. The van der Waals surface area contributed by atoms with Gasteiger partial charge in [-0.3, -0.25) is 9.16 Å². The van der Waals surface area contributed by atoms with Crippen LogP contribution in [0.4, 0.5) is 4.79 Å². The van der Waals surface area contributed by atoms with Crippen molar-refractivity contribution in [1.82, 2.24) is 19.4 Å². The molecule has 0 radical (unpaired) electrons. The molecular formula is C36H44ClN5O5S. The molecule has 1 amide bonds. The van der Waals surface area contributed by atoms with Crippen LogP contribution in [-0.2, 0) is 36.0 Å². The zero-order chi connectivity index (χ0) is 33.9. The fourth-order valence-corrected chi connectivity index (χ4v) is 8.66. The van der Waals surface area contributed by atoms with E-state index in [4.69, 9.17) is 16.7 Å². The van der Waals surface area contributed by atoms with E-state index in [0.717, 1.165) is 61.2 Å². The number of benzene rings is 2. The van der Waals surface area contributed by atoms with E-state index in [9.17, 15) is 23.4 Å². The van der Waals surface area contributed by atoms with Gasteiger partial charge in [-0.05, 0) is 55.5 Å². The second kappa shape index (κ2) is 14.7. The lowest BCUT2D eigenvalue weighted by Crippen LogP contribution is -2.65. The van der Waals surface area contributed by atoms with E-state index < -0.39 is 22.2 Å². The van der Waals surface area contributed by atoms with Gasteiger partial charge in [0.25, 0.3) is 6.09 Å². The summed E-state index contributed by atoms with van der Waals surface area (Å²) in [4.78, 5) is 12.5. The van der Waals surface area contributed by atoms with E-state index in [1.807, 2.05) is 42.5 Å². The molecule has 0 saturated carbocycles. The maximum absolute atomic E-state index is 12.6. The number of nitrogens with zero attached hydrogens (tertiary/aromatic N) is 4. The van der Waals surface area contributed by atoms with Gasteiger partial charge in [0, 0.05) is 61.2 Å². The molecule has 48 heavy (non-hydrogen) atoms. The number of aliphatic hydroxyl groups excluding tert-OH is 1. The molecule has 256 valence electrons. The van der Waals surface area contributed by atoms with Crippen LogP contribution >= 0.6 is 11.6 Å². The van der Waals surface area contributed by atoms with Crippen LogP contribution in [0.15, 0.2) is 48.5 Å². The van der Waals surface area contributed by atoms with Gasteiger partial charge < -0.3 is 20.3 Å². The number of carboxylic acid groups (broad SMARTS) is 1. The van der Waals surface area contributed by atoms with Crippen molar-refractivity contribution in [2.24, 2.45) is 11.8 Å². The molecule has 3 aliphatic rings. The van der Waals surface area contributed by atoms with E-state index >= 15 is 0 Å². The summed E-state index contributed by atoms with van der Waals surface area (Å²) in [6.45, 7) is 3.47. The first-order chi connectivity index (χ1) is 23.0. The van der Waals surface area contributed by atoms with E-state index in [2.05, 4.69) is 17.2 Å². The van der Waals surface area contributed by atoms with Crippen LogP contribution in [0.3, 0.4) is 0 Å². The van der Waals surface area contributed by atoms with Gasteiger partial charge in [-0.15, -0.1) is 0 Å². The lowest BCUT2D eigenvalue weighted by Gasteiger charge is -2.45. The monoisotopic (exact) mass is 693 g/mol. The summed E-state index contributed by atoms with van der Waals surface area (Å²) in [5.41, 5.74) is 4.66. The van der Waals surface area contributed by atoms with Crippen molar-refractivity contribution in [3.05, 3.63) is 75.9 Å². The van der Waals surface area contributed by atoms with Crippen molar-refractivity contribution in [3.63, 3.8) is 0 Å². The number of hydrogen-bond acceptors (Lipinski definition) is 7. The first-order valence-electron chi connectivity index (χ1n) is 16.9. The van der Waals surface area contributed by atoms with Crippen LogP contribution in [0.1, 0.15) is 48.1 Å². The molecule has 0 aliphatic carbocycles. The first-order valence-corrected chi connectivity index (χ1v) is 19.1. The third kappa shape index (κ3) is 7.80. The Kier molecular flexibility index (Phi) is 10.6. The number of piperidine rings is 2. The highest BCUT2D eigenvalue weighted by Crippen LogP contribution is 2.35. The zero-order valence-electron chi connectivity index (χ0n) is 27.4. The minimum Gasteiger partial charge on any atom is -0.498 e. The molecule has 1 aromatic heterocycles. The zero-order valence-corrected chi connectivity index (χ0v) is 29.0. The lowest BCUT2D eigenvalue weighted by atomic mass is 9.78. The Hall–Kier alpha value is -3.24. The highest BCUT2D eigenvalue weighted by Gasteiger charge is 2.40. The maximum Gasteiger partial charge on any atom is 0.257 e. The number of hydrogen-bond donors (Lipinski definition) is 2. The summed E-state index contributed by atoms with van der Waals surface area (Å²) < 4.78 is 28.0. The number of likely N-dealkylation sites (tertiary alicyclic amines) is 1. The van der Waals surface area contributed by atoms with Crippen LogP contribution in [0.5, 0.6) is 0 Å². The van der Waals surface area contributed by atoms with Gasteiger partial charge in [0.2, 0.25) is 10.0 Å². The molecule has 12 heteroatoms. The maximum atomic E-state index is 12.6. The minimum atomic E-state index is -3.46. The third-order valence-electron chi connectivity index (χ3n) is 10.4. The highest BCUT2D eigenvalue weighted by molar-refractivity contribution is 7.88. The summed E-state index contributed by atoms with van der Waals surface area (Å²) >= 11 is 6.54. The molecule has 0 unspecified atom stereocenters. The molecule has 2 saturated heterocycles. The Labute approximate surface area is 288 Å². The third-order valence-corrected chi connectivity index (χ3v) is 12.0. The Morgan fingerprint density at radius 3 is 2.52 bits per heavy atom. The van der Waals surface area contributed by atoms with Crippen molar-refractivity contribution >= 4 is 27.7 Å². The van der Waals surface area contributed by atoms with E-state index in [1.54, 1.807) is 10.7 Å². The molecule has 2 N–H and O–H groups in total. The lowest BCUT2D eigenvalue weighted by molar-refractivity contribution is -0.885. The summed E-state index contributed by atoms with van der Waals surface area (Å²) in [6, 6.07) is 15.4. The molecule has 3 aliphatic heterocycles. The number of sulfonamides is 1. The van der Waals surface area contributed by atoms with E-state index in [1.165, 1.54) is 10.6 Å². The Morgan fingerprint density at radius 1 is 1.12 bits per heavy atom. The number of nitrogens with one attached hydrogen (secondary N) is 1. The summed E-state index contributed by atoms with van der Waals surface area (Å²) in [7, 11) is -3.46. The second-order valence-electron chi connectivity index (χ2n) is 13.6. The predicted octanol–water partition coefficient (Wildman–Crippen LogP) is 3.05. The Bertz CT molecular complexity index is 1790. The first kappa shape index (κ1) is 34.6. The smallest absolute Gasteiger partial charge is 0.257 e. The van der Waals surface area contributed by atoms with Gasteiger partial charge in [-0.2, -0.15) is 9.40 Å². The van der Waals surface area contributed by atoms with Gasteiger partial charge in [0.1, 0.15) is 12.6 Å². The molecule has 2 aromatic carbocycles. The fourth-order valence-electron chi connectivity index (χ4n) is 7.71. The van der Waals surface area contributed by atoms with E-state index in [-0.39, 0.29) is 24.1 Å². The average Bonchev–Trinajstić information content (AvgIpc) is 3.43. The Morgan fingerprint density at radius 2 is 1.83 bits per heavy atom. The summed E-state index contributed by atoms with van der Waals surface area (Å²) in [6.07, 6.45) is 3.90. The van der Waals surface area contributed by atoms with Crippen LogP contribution in [-0.4, -0.2) is 89.8 Å². The molecule has 6 rings (SSSR count). The van der Waals surface area contributed by atoms with Gasteiger partial charge >= 0.3 is 0 Å². The topological polar surface area (TPSA) is 128 Å². The Balaban J connectivity index is 1.24. The van der Waals surface area contributed by atoms with Crippen LogP contribution in [0.2, 0.25) is 5.02 Å². The van der Waals surface area contributed by atoms with Gasteiger partial charge in [-0.1, -0.05) is 59.8 Å². The van der Waals surface area contributed by atoms with Crippen LogP contribution in [0.25, 0.3) is 11.3 Å². The molecule has 0 spiro atoms. The van der Waals surface area contributed by atoms with Crippen molar-refractivity contribution in [2.45, 2.75) is 57.7 Å². The number of quaternary nitrogens is 1. The van der Waals surface area contributed by atoms with Crippen molar-refractivity contribution in [3.8, 4) is 23.1 Å². The number of rotatable bonds is 8. The number of aromatic nitrogens is 2. The number of carbonyl (C=O) groups excluding carboxylic acids is 1. The van der Waals surface area contributed by atoms with Gasteiger partial charge in [-0.25, -0.2) is 8.42 Å². The van der Waals surface area contributed by atoms with Crippen LogP contribution < -0.4 is 10.4 Å². The molecule has 0 bridgehead atoms. The van der Waals surface area contributed by atoms with Crippen molar-refractivity contribution < 1.29 is 27.9 Å². The molecule has 2 fully saturated rings. The summed E-state index contributed by atoms with van der Waals surface area (Å²) in [5.74, 6) is 7.49. The number of halogens is 1. The SMILES string of the molecule is CS(=O)(=O)N1CCc2c(c(-c3ccc(Cl)c(C#CCc4ccccc4)c3)nn2C[C@@H](O)C[N+]2(C(=O)[O-])CCC(C3CCNCC3)CC2)C1. The molecule has 4 heterocycles. The molecule has 1 atom stereocenters. The normalized spacial score (nSPS) is 22.8. The van der Waals surface area contributed by atoms with E-state index in [0.29, 0.717) is 60.6 Å². The van der Waals surface area contributed by atoms with Gasteiger partial charge in [0.15, 0.2) is 0 Å². The van der Waals surface area contributed by atoms with Gasteiger partial charge in [0.05, 0.1) is 36.6 Å². The number of fused-ring (bicyclic) bond motifs is 1. The standard InChI is InChI=1S/C36H44ClN5O5S/c1-48(46,47)40-19-14-34-32(24-40)35(30-10-11-33(37)29(22-30)9-5-8-26-6-3-2-4-7-26)39-41(34)23-31(43)25-42(36(44)45)20-15-28(16-21-42)27-12-17-38-18-13-27/h2-4,6-7,10-11,22,27-28,31,38,43H,8,12-21,23-25H2,1H3/t28?,31-,42?/m1/s1. The average molecular weight is 694 g/mol. The van der Waals surface area contributed by atoms with Crippen molar-refractivity contribution in [2.75, 3.05) is 45.5 Å². The summed E-state index contributed by atoms with van der Waals surface area (Å²) in [5, 5.41) is 32.8. The minimum absolute atomic E-state index is 0.0306.